The highest BCUT2D eigenvalue weighted by Crippen LogP contribution is 2.33. The molecule has 2 aliphatic rings. The second-order valence-electron chi connectivity index (χ2n) is 8.16. The van der Waals surface area contributed by atoms with Crippen LogP contribution in [0.3, 0.4) is 0 Å². The zero-order valence-electron chi connectivity index (χ0n) is 18.0. The van der Waals surface area contributed by atoms with E-state index in [-0.39, 0.29) is 5.75 Å². The zero-order valence-corrected chi connectivity index (χ0v) is 18.8. The molecule has 0 bridgehead atoms. The Kier molecular flexibility index (Phi) is 5.71. The van der Waals surface area contributed by atoms with Gasteiger partial charge in [-0.15, -0.1) is 0 Å². The van der Waals surface area contributed by atoms with Gasteiger partial charge in [-0.2, -0.15) is 0 Å². The summed E-state index contributed by atoms with van der Waals surface area (Å²) in [5.74, 6) is 0.159. The number of rotatable bonds is 7. The smallest absolute Gasteiger partial charge is 0.235 e. The summed E-state index contributed by atoms with van der Waals surface area (Å²) in [5.41, 5.74) is 5.08. The van der Waals surface area contributed by atoms with E-state index in [9.17, 15) is 8.42 Å². The number of benzene rings is 1. The molecule has 32 heavy (non-hydrogen) atoms. The van der Waals surface area contributed by atoms with Gasteiger partial charge in [-0.25, -0.2) is 18.4 Å². The minimum absolute atomic E-state index is 0.159. The van der Waals surface area contributed by atoms with E-state index in [0.717, 1.165) is 66.6 Å². The van der Waals surface area contributed by atoms with Crippen molar-refractivity contribution in [1.29, 1.82) is 0 Å². The number of aromatic nitrogens is 3. The fourth-order valence-electron chi connectivity index (χ4n) is 4.41. The third-order valence-electron chi connectivity index (χ3n) is 6.14. The quantitative estimate of drug-likeness (QED) is 0.547. The Bertz CT molecular complexity index is 1250. The number of fused-ring (bicyclic) bond motifs is 2. The molecule has 0 saturated carbocycles. The van der Waals surface area contributed by atoms with Gasteiger partial charge >= 0.3 is 0 Å². The minimum atomic E-state index is -3.35. The Morgan fingerprint density at radius 3 is 2.78 bits per heavy atom. The van der Waals surface area contributed by atoms with Crippen LogP contribution in [0.5, 0.6) is 0 Å². The number of ether oxygens (including phenoxy) is 1. The predicted octanol–water partition coefficient (Wildman–Crippen LogP) is 2.48. The number of morpholine rings is 1. The van der Waals surface area contributed by atoms with Gasteiger partial charge in [0.05, 0.1) is 30.3 Å². The third-order valence-corrected chi connectivity index (χ3v) is 7.99. The molecule has 9 heteroatoms. The van der Waals surface area contributed by atoms with Crippen molar-refractivity contribution in [2.75, 3.05) is 49.5 Å². The van der Waals surface area contributed by atoms with Crippen LogP contribution < -0.4 is 4.31 Å². The highest BCUT2D eigenvalue weighted by molar-refractivity contribution is 7.92. The van der Waals surface area contributed by atoms with Gasteiger partial charge in [0.15, 0.2) is 5.65 Å². The first-order valence-corrected chi connectivity index (χ1v) is 12.6. The SMILES string of the molecule is C=Cc1ccc2ncn(-c3ccc4c(c3)CCN4S(=O)(=O)CCCN3CCOCC3)c2n1. The summed E-state index contributed by atoms with van der Waals surface area (Å²) in [6, 6.07) is 9.69. The van der Waals surface area contributed by atoms with Crippen molar-refractivity contribution in [3.8, 4) is 5.69 Å². The molecule has 0 aliphatic carbocycles. The lowest BCUT2D eigenvalue weighted by Crippen LogP contribution is -2.38. The molecule has 0 atom stereocenters. The molecular weight excluding hydrogens is 426 g/mol. The summed E-state index contributed by atoms with van der Waals surface area (Å²) in [4.78, 5) is 11.3. The third kappa shape index (κ3) is 4.03. The lowest BCUT2D eigenvalue weighted by Gasteiger charge is -2.27. The minimum Gasteiger partial charge on any atom is -0.379 e. The lowest BCUT2D eigenvalue weighted by molar-refractivity contribution is 0.0381. The molecule has 0 N–H and O–H groups in total. The highest BCUT2D eigenvalue weighted by atomic mass is 32.2. The van der Waals surface area contributed by atoms with Gasteiger partial charge in [-0.05, 0) is 61.4 Å². The van der Waals surface area contributed by atoms with Gasteiger partial charge in [0.2, 0.25) is 10.0 Å². The standard InChI is InChI=1S/C23H27N5O3S/c1-2-19-4-6-21-23(25-19)27(17-24-21)20-5-7-22-18(16-20)8-10-28(22)32(29,30)15-3-9-26-11-13-31-14-12-26/h2,4-7,16-17H,1,3,8-15H2. The van der Waals surface area contributed by atoms with Crippen LogP contribution in [0.2, 0.25) is 0 Å². The van der Waals surface area contributed by atoms with Gasteiger partial charge in [-0.1, -0.05) is 6.58 Å². The number of anilines is 1. The number of pyridine rings is 1. The van der Waals surface area contributed by atoms with Crippen molar-refractivity contribution in [2.45, 2.75) is 12.8 Å². The van der Waals surface area contributed by atoms with E-state index in [1.54, 1.807) is 16.7 Å². The fourth-order valence-corrected chi connectivity index (χ4v) is 5.97. The average molecular weight is 454 g/mol. The predicted molar refractivity (Wildman–Crippen MR) is 126 cm³/mol. The number of hydrogen-bond acceptors (Lipinski definition) is 6. The van der Waals surface area contributed by atoms with E-state index in [1.807, 2.05) is 34.9 Å². The zero-order chi connectivity index (χ0) is 22.1. The Morgan fingerprint density at radius 2 is 1.97 bits per heavy atom. The number of nitrogens with zero attached hydrogens (tertiary/aromatic N) is 5. The van der Waals surface area contributed by atoms with Crippen LogP contribution in [0.1, 0.15) is 17.7 Å². The van der Waals surface area contributed by atoms with Crippen LogP contribution in [0, 0.1) is 0 Å². The van der Waals surface area contributed by atoms with E-state index in [1.165, 1.54) is 0 Å². The fraction of sp³-hybridized carbons (Fsp3) is 0.391. The van der Waals surface area contributed by atoms with Crippen molar-refractivity contribution in [1.82, 2.24) is 19.4 Å². The molecule has 0 amide bonds. The normalized spacial score (nSPS) is 17.1. The molecule has 2 aromatic heterocycles. The molecule has 2 aliphatic heterocycles. The first kappa shape index (κ1) is 21.1. The second-order valence-corrected chi connectivity index (χ2v) is 10.2. The van der Waals surface area contributed by atoms with Crippen LogP contribution in [0.15, 0.2) is 43.2 Å². The van der Waals surface area contributed by atoms with E-state index in [0.29, 0.717) is 19.4 Å². The summed E-state index contributed by atoms with van der Waals surface area (Å²) >= 11 is 0. The first-order chi connectivity index (χ1) is 15.5. The van der Waals surface area contributed by atoms with Crippen LogP contribution in [0.25, 0.3) is 22.9 Å². The number of hydrogen-bond donors (Lipinski definition) is 0. The van der Waals surface area contributed by atoms with Crippen LogP contribution in [-0.4, -0.2) is 73.0 Å². The monoisotopic (exact) mass is 453 g/mol. The molecule has 0 unspecified atom stereocenters. The molecule has 168 valence electrons. The Morgan fingerprint density at radius 1 is 1.12 bits per heavy atom. The van der Waals surface area contributed by atoms with Crippen LogP contribution >= 0.6 is 0 Å². The van der Waals surface area contributed by atoms with Crippen molar-refractivity contribution in [3.05, 3.63) is 54.5 Å². The molecular formula is C23H27N5O3S. The topological polar surface area (TPSA) is 80.6 Å². The molecule has 0 spiro atoms. The van der Waals surface area contributed by atoms with Gasteiger partial charge < -0.3 is 4.74 Å². The summed E-state index contributed by atoms with van der Waals surface area (Å²) in [5, 5.41) is 0. The lowest BCUT2D eigenvalue weighted by atomic mass is 10.1. The molecule has 5 rings (SSSR count). The number of imidazole rings is 1. The van der Waals surface area contributed by atoms with E-state index in [4.69, 9.17) is 4.74 Å². The molecule has 4 heterocycles. The van der Waals surface area contributed by atoms with Crippen molar-refractivity contribution in [2.24, 2.45) is 0 Å². The molecule has 1 saturated heterocycles. The average Bonchev–Trinajstić information content (AvgIpc) is 3.43. The van der Waals surface area contributed by atoms with Crippen LogP contribution in [-0.2, 0) is 21.2 Å². The molecule has 8 nitrogen and oxygen atoms in total. The Balaban J connectivity index is 1.34. The molecule has 0 radical (unpaired) electrons. The molecule has 3 aromatic rings. The Labute approximate surface area is 188 Å². The van der Waals surface area contributed by atoms with Gasteiger partial charge in [0.25, 0.3) is 0 Å². The van der Waals surface area contributed by atoms with Crippen molar-refractivity contribution in [3.63, 3.8) is 0 Å². The Hall–Kier alpha value is -2.75. The molecule has 1 aromatic carbocycles. The maximum absolute atomic E-state index is 13.0. The summed E-state index contributed by atoms with van der Waals surface area (Å²) in [7, 11) is -3.35. The maximum Gasteiger partial charge on any atom is 0.235 e. The number of sulfonamides is 1. The van der Waals surface area contributed by atoms with Crippen molar-refractivity contribution >= 4 is 33.0 Å². The van der Waals surface area contributed by atoms with Gasteiger partial charge in [0, 0.05) is 25.3 Å². The van der Waals surface area contributed by atoms with Crippen molar-refractivity contribution < 1.29 is 13.2 Å². The highest BCUT2D eigenvalue weighted by Gasteiger charge is 2.29. The van der Waals surface area contributed by atoms with E-state index >= 15 is 0 Å². The van der Waals surface area contributed by atoms with Gasteiger partial charge in [-0.3, -0.25) is 13.8 Å². The van der Waals surface area contributed by atoms with Crippen LogP contribution in [0.4, 0.5) is 5.69 Å². The summed E-state index contributed by atoms with van der Waals surface area (Å²) in [6.45, 7) is 8.27. The molecule has 1 fully saturated rings. The summed E-state index contributed by atoms with van der Waals surface area (Å²) in [6.07, 6.45) is 4.79. The van der Waals surface area contributed by atoms with E-state index in [2.05, 4.69) is 21.4 Å². The summed E-state index contributed by atoms with van der Waals surface area (Å²) < 4.78 is 35.0. The second kappa shape index (κ2) is 8.65. The van der Waals surface area contributed by atoms with Gasteiger partial charge in [0.1, 0.15) is 11.8 Å². The maximum atomic E-state index is 13.0. The first-order valence-electron chi connectivity index (χ1n) is 11.0. The largest absolute Gasteiger partial charge is 0.379 e. The van der Waals surface area contributed by atoms with E-state index < -0.39 is 10.0 Å².